The zero-order valence-electron chi connectivity index (χ0n) is 8.10. The van der Waals surface area contributed by atoms with Crippen LogP contribution in [0.25, 0.3) is 11.2 Å². The van der Waals surface area contributed by atoms with Crippen LogP contribution >= 0.6 is 0 Å². The number of hydrogen-bond donors (Lipinski definition) is 1. The third-order valence-corrected chi connectivity index (χ3v) is 2.20. The van der Waals surface area contributed by atoms with Gasteiger partial charge in [-0.15, -0.1) is 0 Å². The van der Waals surface area contributed by atoms with Crippen molar-refractivity contribution in [1.29, 1.82) is 0 Å². The van der Waals surface area contributed by atoms with Crippen molar-refractivity contribution in [2.75, 3.05) is 6.54 Å². The minimum Gasteiger partial charge on any atom is -0.439 e. The van der Waals surface area contributed by atoms with Gasteiger partial charge in [0.15, 0.2) is 17.1 Å². The molecule has 1 atom stereocenters. The number of rotatable bonds is 3. The highest BCUT2D eigenvalue weighted by Crippen LogP contribution is 2.21. The second-order valence-corrected chi connectivity index (χ2v) is 3.36. The van der Waals surface area contributed by atoms with Crippen molar-refractivity contribution in [2.45, 2.75) is 19.3 Å². The predicted molar refractivity (Wildman–Crippen MR) is 53.9 cm³/mol. The average Bonchev–Trinajstić information content (AvgIpc) is 2.61. The molecule has 0 bridgehead atoms. The summed E-state index contributed by atoms with van der Waals surface area (Å²) in [5.74, 6) is 0.985. The van der Waals surface area contributed by atoms with Gasteiger partial charge < -0.3 is 10.2 Å². The van der Waals surface area contributed by atoms with Gasteiger partial charge in [0.05, 0.1) is 0 Å². The molecule has 2 N–H and O–H groups in total. The van der Waals surface area contributed by atoms with E-state index in [-0.39, 0.29) is 5.92 Å². The smallest absolute Gasteiger partial charge is 0.199 e. The van der Waals surface area contributed by atoms with Crippen molar-refractivity contribution in [3.05, 3.63) is 24.2 Å². The van der Waals surface area contributed by atoms with Crippen LogP contribution in [0.5, 0.6) is 0 Å². The topological polar surface area (TPSA) is 64.9 Å². The van der Waals surface area contributed by atoms with E-state index in [9.17, 15) is 0 Å². The number of aromatic nitrogens is 2. The van der Waals surface area contributed by atoms with Crippen molar-refractivity contribution < 1.29 is 4.42 Å². The number of fused-ring (bicyclic) bond motifs is 1. The summed E-state index contributed by atoms with van der Waals surface area (Å²) in [6.07, 6.45) is 2.59. The Morgan fingerprint density at radius 1 is 1.57 bits per heavy atom. The molecular formula is C10H13N3O. The maximum Gasteiger partial charge on any atom is 0.199 e. The molecule has 14 heavy (non-hydrogen) atoms. The summed E-state index contributed by atoms with van der Waals surface area (Å²) in [7, 11) is 0. The van der Waals surface area contributed by atoms with E-state index in [4.69, 9.17) is 10.2 Å². The fourth-order valence-corrected chi connectivity index (χ4v) is 1.37. The Hall–Kier alpha value is -1.42. The first-order valence-corrected chi connectivity index (χ1v) is 4.73. The van der Waals surface area contributed by atoms with E-state index in [1.165, 1.54) is 0 Å². The van der Waals surface area contributed by atoms with Gasteiger partial charge >= 0.3 is 0 Å². The molecule has 0 aliphatic carbocycles. The molecule has 0 spiro atoms. The number of hydrogen-bond acceptors (Lipinski definition) is 4. The van der Waals surface area contributed by atoms with E-state index >= 15 is 0 Å². The van der Waals surface area contributed by atoms with Crippen molar-refractivity contribution in [1.82, 2.24) is 9.97 Å². The third kappa shape index (κ3) is 1.61. The highest BCUT2D eigenvalue weighted by molar-refractivity contribution is 5.66. The van der Waals surface area contributed by atoms with Gasteiger partial charge in [0.1, 0.15) is 0 Å². The quantitative estimate of drug-likeness (QED) is 0.801. The van der Waals surface area contributed by atoms with Crippen LogP contribution in [0, 0.1) is 0 Å². The van der Waals surface area contributed by atoms with Gasteiger partial charge in [-0.05, 0) is 25.1 Å². The van der Waals surface area contributed by atoms with Crippen LogP contribution in [-0.2, 0) is 0 Å². The molecule has 0 aliphatic rings. The molecule has 0 amide bonds. The molecule has 0 radical (unpaired) electrons. The summed E-state index contributed by atoms with van der Waals surface area (Å²) in [5.41, 5.74) is 6.89. The van der Waals surface area contributed by atoms with Crippen LogP contribution in [0.2, 0.25) is 0 Å². The maximum atomic E-state index is 5.55. The first-order chi connectivity index (χ1) is 6.81. The van der Waals surface area contributed by atoms with Crippen LogP contribution in [-0.4, -0.2) is 16.5 Å². The highest BCUT2D eigenvalue weighted by atomic mass is 16.3. The molecule has 2 aromatic heterocycles. The number of nitrogens with two attached hydrogens (primary N) is 1. The van der Waals surface area contributed by atoms with Crippen molar-refractivity contribution in [2.24, 2.45) is 5.73 Å². The Labute approximate surface area is 82.1 Å². The summed E-state index contributed by atoms with van der Waals surface area (Å²) in [6, 6.07) is 3.71. The van der Waals surface area contributed by atoms with Crippen LogP contribution in [0.15, 0.2) is 22.7 Å². The minimum atomic E-state index is 0.259. The maximum absolute atomic E-state index is 5.55. The average molecular weight is 191 g/mol. The number of oxazole rings is 1. The normalized spacial score (nSPS) is 13.3. The lowest BCUT2D eigenvalue weighted by atomic mass is 10.1. The lowest BCUT2D eigenvalue weighted by Crippen LogP contribution is -2.04. The summed E-state index contributed by atoms with van der Waals surface area (Å²) in [5, 5.41) is 0. The minimum absolute atomic E-state index is 0.259. The van der Waals surface area contributed by atoms with Gasteiger partial charge in [-0.1, -0.05) is 6.92 Å². The number of pyridine rings is 1. The van der Waals surface area contributed by atoms with Crippen molar-refractivity contribution in [3.63, 3.8) is 0 Å². The fourth-order valence-electron chi connectivity index (χ4n) is 1.37. The molecule has 0 saturated heterocycles. The molecule has 2 rings (SSSR count). The van der Waals surface area contributed by atoms with Gasteiger partial charge in [-0.25, -0.2) is 4.98 Å². The zero-order valence-corrected chi connectivity index (χ0v) is 8.10. The Morgan fingerprint density at radius 3 is 3.14 bits per heavy atom. The second kappa shape index (κ2) is 3.75. The molecule has 0 fully saturated rings. The van der Waals surface area contributed by atoms with E-state index in [1.54, 1.807) is 6.20 Å². The van der Waals surface area contributed by atoms with E-state index in [1.807, 2.05) is 12.1 Å². The number of nitrogens with zero attached hydrogens (tertiary/aromatic N) is 2. The monoisotopic (exact) mass is 191 g/mol. The Kier molecular flexibility index (Phi) is 2.45. The lowest BCUT2D eigenvalue weighted by molar-refractivity contribution is 0.473. The van der Waals surface area contributed by atoms with Gasteiger partial charge in [0, 0.05) is 12.1 Å². The van der Waals surface area contributed by atoms with Crippen LogP contribution in [0.1, 0.15) is 25.2 Å². The summed E-state index contributed by atoms with van der Waals surface area (Å²) < 4.78 is 5.55. The van der Waals surface area contributed by atoms with E-state index in [0.717, 1.165) is 17.9 Å². The molecule has 2 heterocycles. The van der Waals surface area contributed by atoms with Gasteiger partial charge in [0.25, 0.3) is 0 Å². The van der Waals surface area contributed by atoms with Crippen LogP contribution < -0.4 is 5.73 Å². The zero-order chi connectivity index (χ0) is 9.97. The van der Waals surface area contributed by atoms with Gasteiger partial charge in [0.2, 0.25) is 0 Å². The van der Waals surface area contributed by atoms with Crippen molar-refractivity contribution in [3.8, 4) is 0 Å². The summed E-state index contributed by atoms with van der Waals surface area (Å²) in [6.45, 7) is 2.70. The Morgan fingerprint density at radius 2 is 2.43 bits per heavy atom. The molecule has 2 aromatic rings. The molecule has 0 saturated carbocycles. The SMILES string of the molecule is CC(CCN)c1nc2ncccc2o1. The first kappa shape index (κ1) is 9.15. The molecule has 4 nitrogen and oxygen atoms in total. The van der Waals surface area contributed by atoms with Crippen LogP contribution in [0.3, 0.4) is 0 Å². The standard InChI is InChI=1S/C10H13N3O/c1-7(4-5-11)10-13-9-8(14-10)3-2-6-12-9/h2-3,6-7H,4-5,11H2,1H3. The molecule has 0 aromatic carbocycles. The third-order valence-electron chi connectivity index (χ3n) is 2.20. The summed E-state index contributed by atoms with van der Waals surface area (Å²) in [4.78, 5) is 8.41. The van der Waals surface area contributed by atoms with E-state index < -0.39 is 0 Å². The summed E-state index contributed by atoms with van der Waals surface area (Å²) >= 11 is 0. The molecule has 0 aliphatic heterocycles. The molecule has 74 valence electrons. The first-order valence-electron chi connectivity index (χ1n) is 4.73. The molecule has 1 unspecified atom stereocenters. The Balaban J connectivity index is 2.35. The van der Waals surface area contributed by atoms with E-state index in [0.29, 0.717) is 12.2 Å². The molecular weight excluding hydrogens is 178 g/mol. The second-order valence-electron chi connectivity index (χ2n) is 3.36. The fraction of sp³-hybridized carbons (Fsp3) is 0.400. The van der Waals surface area contributed by atoms with Gasteiger partial charge in [-0.2, -0.15) is 4.98 Å². The van der Waals surface area contributed by atoms with Gasteiger partial charge in [-0.3, -0.25) is 0 Å². The highest BCUT2D eigenvalue weighted by Gasteiger charge is 2.12. The lowest BCUT2D eigenvalue weighted by Gasteiger charge is -2.02. The van der Waals surface area contributed by atoms with E-state index in [2.05, 4.69) is 16.9 Å². The molecule has 4 heteroatoms. The van der Waals surface area contributed by atoms with Crippen molar-refractivity contribution >= 4 is 11.2 Å². The Bertz CT molecular complexity index is 391. The predicted octanol–water partition coefficient (Wildman–Crippen LogP) is 1.68. The van der Waals surface area contributed by atoms with Crippen LogP contribution in [0.4, 0.5) is 0 Å². The largest absolute Gasteiger partial charge is 0.439 e.